The second-order valence-electron chi connectivity index (χ2n) is 6.02. The van der Waals surface area contributed by atoms with Crippen LogP contribution in [0.25, 0.3) is 10.2 Å². The van der Waals surface area contributed by atoms with Gasteiger partial charge in [0.05, 0.1) is 16.6 Å². The van der Waals surface area contributed by atoms with Gasteiger partial charge in [-0.2, -0.15) is 0 Å². The number of hydrogen-bond acceptors (Lipinski definition) is 4. The third-order valence-corrected chi connectivity index (χ3v) is 4.99. The summed E-state index contributed by atoms with van der Waals surface area (Å²) in [4.78, 5) is 16.9. The minimum atomic E-state index is -0.565. The Morgan fingerprint density at radius 3 is 2.47 bits per heavy atom. The van der Waals surface area contributed by atoms with Gasteiger partial charge in [-0.25, -0.2) is 4.98 Å². The number of rotatable bonds is 4. The first-order valence-corrected chi connectivity index (χ1v) is 7.20. The maximum Gasteiger partial charge on any atom is 0.147 e. The molecule has 0 saturated heterocycles. The molecule has 1 heterocycles. The molecule has 0 bridgehead atoms. The van der Waals surface area contributed by atoms with Crippen LogP contribution in [-0.4, -0.2) is 16.3 Å². The molecule has 0 aliphatic carbocycles. The monoisotopic (exact) mass is 276 g/mol. The Morgan fingerprint density at radius 2 is 1.89 bits per heavy atom. The van der Waals surface area contributed by atoms with E-state index in [9.17, 15) is 4.79 Å². The van der Waals surface area contributed by atoms with Gasteiger partial charge in [-0.05, 0) is 26.0 Å². The molecule has 0 amide bonds. The minimum Gasteiger partial charge on any atom is -0.325 e. The Labute approximate surface area is 117 Å². The molecule has 3 nitrogen and oxygen atoms in total. The van der Waals surface area contributed by atoms with Crippen molar-refractivity contribution in [1.82, 2.24) is 4.98 Å². The highest BCUT2D eigenvalue weighted by atomic mass is 32.1. The smallest absolute Gasteiger partial charge is 0.147 e. The summed E-state index contributed by atoms with van der Waals surface area (Å²) in [6, 6.07) is 7.94. The topological polar surface area (TPSA) is 56.0 Å². The van der Waals surface area contributed by atoms with Crippen molar-refractivity contribution in [1.29, 1.82) is 0 Å². The predicted octanol–water partition coefficient (Wildman–Crippen LogP) is 3.17. The standard InChI is InChI=1S/C15H20N2OS/c1-14(2,15(3,4)16)12(18)9-13-17-10-7-5-6-8-11(10)19-13/h5-8H,9,16H2,1-4H3. The number of carbonyl (C=O) groups is 1. The third kappa shape index (κ3) is 2.69. The van der Waals surface area contributed by atoms with Crippen molar-refractivity contribution in [3.05, 3.63) is 29.3 Å². The molecule has 102 valence electrons. The summed E-state index contributed by atoms with van der Waals surface area (Å²) < 4.78 is 1.12. The summed E-state index contributed by atoms with van der Waals surface area (Å²) in [6.45, 7) is 7.60. The fourth-order valence-corrected chi connectivity index (χ4v) is 2.68. The number of nitrogens with two attached hydrogens (primary N) is 1. The molecule has 0 fully saturated rings. The van der Waals surface area contributed by atoms with Crippen LogP contribution in [0.15, 0.2) is 24.3 Å². The van der Waals surface area contributed by atoms with E-state index in [2.05, 4.69) is 4.98 Å². The van der Waals surface area contributed by atoms with E-state index in [0.717, 1.165) is 15.2 Å². The molecule has 2 rings (SSSR count). The van der Waals surface area contributed by atoms with Crippen LogP contribution in [0.2, 0.25) is 0 Å². The average molecular weight is 276 g/mol. The molecule has 2 N–H and O–H groups in total. The van der Waals surface area contributed by atoms with Gasteiger partial charge in [0.15, 0.2) is 0 Å². The summed E-state index contributed by atoms with van der Waals surface area (Å²) >= 11 is 1.58. The molecule has 4 heteroatoms. The van der Waals surface area contributed by atoms with Crippen LogP contribution in [0.3, 0.4) is 0 Å². The Balaban J connectivity index is 2.24. The van der Waals surface area contributed by atoms with E-state index < -0.39 is 11.0 Å². The summed E-state index contributed by atoms with van der Waals surface area (Å²) in [7, 11) is 0. The number of thiazole rings is 1. The lowest BCUT2D eigenvalue weighted by Gasteiger charge is -2.36. The lowest BCUT2D eigenvalue weighted by Crippen LogP contribution is -2.52. The zero-order valence-electron chi connectivity index (χ0n) is 11.9. The molecule has 0 saturated carbocycles. The van der Waals surface area contributed by atoms with Gasteiger partial charge in [0.2, 0.25) is 0 Å². The normalized spacial score (nSPS) is 12.9. The molecular weight excluding hydrogens is 256 g/mol. The highest BCUT2D eigenvalue weighted by Crippen LogP contribution is 2.32. The van der Waals surface area contributed by atoms with Gasteiger partial charge in [0, 0.05) is 11.0 Å². The highest BCUT2D eigenvalue weighted by Gasteiger charge is 2.40. The van der Waals surface area contributed by atoms with E-state index in [-0.39, 0.29) is 5.78 Å². The summed E-state index contributed by atoms with van der Waals surface area (Å²) in [6.07, 6.45) is 0.354. The van der Waals surface area contributed by atoms with Crippen molar-refractivity contribution in [2.24, 2.45) is 11.1 Å². The number of ketones is 1. The molecule has 0 aliphatic heterocycles. The molecule has 0 aliphatic rings. The molecule has 1 aromatic carbocycles. The van der Waals surface area contributed by atoms with Gasteiger partial charge < -0.3 is 5.73 Å². The minimum absolute atomic E-state index is 0.138. The first-order chi connectivity index (χ1) is 8.72. The van der Waals surface area contributed by atoms with Gasteiger partial charge in [0.1, 0.15) is 10.8 Å². The van der Waals surface area contributed by atoms with Gasteiger partial charge >= 0.3 is 0 Å². The molecule has 1 aromatic heterocycles. The fraction of sp³-hybridized carbons (Fsp3) is 0.467. The van der Waals surface area contributed by atoms with Crippen molar-refractivity contribution in [3.63, 3.8) is 0 Å². The van der Waals surface area contributed by atoms with E-state index >= 15 is 0 Å². The molecule has 0 radical (unpaired) electrons. The van der Waals surface area contributed by atoms with Crippen molar-refractivity contribution in [2.75, 3.05) is 0 Å². The average Bonchev–Trinajstić information content (AvgIpc) is 2.69. The quantitative estimate of drug-likeness (QED) is 0.933. The molecule has 0 unspecified atom stereocenters. The summed E-state index contributed by atoms with van der Waals surface area (Å²) in [5.41, 5.74) is 5.96. The van der Waals surface area contributed by atoms with Gasteiger partial charge in [-0.1, -0.05) is 26.0 Å². The molecule has 0 spiro atoms. The highest BCUT2D eigenvalue weighted by molar-refractivity contribution is 7.18. The first-order valence-electron chi connectivity index (χ1n) is 6.38. The number of para-hydroxylation sites is 1. The Kier molecular flexibility index (Phi) is 3.49. The van der Waals surface area contributed by atoms with Crippen LogP contribution in [-0.2, 0) is 11.2 Å². The van der Waals surface area contributed by atoms with Crippen LogP contribution in [0.4, 0.5) is 0 Å². The summed E-state index contributed by atoms with van der Waals surface area (Å²) in [5, 5.41) is 0.864. The Bertz CT molecular complexity index is 575. The van der Waals surface area contributed by atoms with Gasteiger partial charge in [0.25, 0.3) is 0 Å². The number of benzene rings is 1. The molecule has 2 aromatic rings. The SMILES string of the molecule is CC(C)(N)C(C)(C)C(=O)Cc1nc2ccccc2s1. The maximum absolute atomic E-state index is 12.4. The number of Topliss-reactive ketones (excluding diaryl/α,β-unsaturated/α-hetero) is 1. The Morgan fingerprint density at radius 1 is 1.26 bits per heavy atom. The molecule has 0 atom stereocenters. The van der Waals surface area contributed by atoms with Crippen LogP contribution in [0.1, 0.15) is 32.7 Å². The molecular formula is C15H20N2OS. The number of nitrogens with zero attached hydrogens (tertiary/aromatic N) is 1. The van der Waals surface area contributed by atoms with Gasteiger partial charge in [-0.15, -0.1) is 11.3 Å². The zero-order valence-corrected chi connectivity index (χ0v) is 12.7. The fourth-order valence-electron chi connectivity index (χ4n) is 1.71. The first kappa shape index (κ1) is 14.2. The van der Waals surface area contributed by atoms with Crippen molar-refractivity contribution in [3.8, 4) is 0 Å². The molecule has 19 heavy (non-hydrogen) atoms. The van der Waals surface area contributed by atoms with Crippen molar-refractivity contribution < 1.29 is 4.79 Å². The van der Waals surface area contributed by atoms with E-state index in [1.807, 2.05) is 52.0 Å². The van der Waals surface area contributed by atoms with Crippen LogP contribution < -0.4 is 5.73 Å². The van der Waals surface area contributed by atoms with Gasteiger partial charge in [-0.3, -0.25) is 4.79 Å². The number of carbonyl (C=O) groups excluding carboxylic acids is 1. The second-order valence-corrected chi connectivity index (χ2v) is 7.14. The van der Waals surface area contributed by atoms with E-state index in [0.29, 0.717) is 6.42 Å². The maximum atomic E-state index is 12.4. The van der Waals surface area contributed by atoms with E-state index in [1.165, 1.54) is 0 Å². The van der Waals surface area contributed by atoms with E-state index in [1.54, 1.807) is 11.3 Å². The Hall–Kier alpha value is -1.26. The third-order valence-electron chi connectivity index (χ3n) is 3.96. The van der Waals surface area contributed by atoms with Crippen LogP contribution >= 0.6 is 11.3 Å². The van der Waals surface area contributed by atoms with Crippen LogP contribution in [0, 0.1) is 5.41 Å². The van der Waals surface area contributed by atoms with Crippen molar-refractivity contribution >= 4 is 27.3 Å². The zero-order chi connectivity index (χ0) is 14.3. The largest absolute Gasteiger partial charge is 0.325 e. The van der Waals surface area contributed by atoms with Crippen molar-refractivity contribution in [2.45, 2.75) is 39.7 Å². The summed E-state index contributed by atoms with van der Waals surface area (Å²) in [5.74, 6) is 0.138. The number of fused-ring (bicyclic) bond motifs is 1. The lowest BCUT2D eigenvalue weighted by molar-refractivity contribution is -0.129. The predicted molar refractivity (Wildman–Crippen MR) is 80.4 cm³/mol. The number of aromatic nitrogens is 1. The van der Waals surface area contributed by atoms with E-state index in [4.69, 9.17) is 5.73 Å². The van der Waals surface area contributed by atoms with Crippen LogP contribution in [0.5, 0.6) is 0 Å². The lowest BCUT2D eigenvalue weighted by atomic mass is 9.71. The number of hydrogen-bond donors (Lipinski definition) is 1. The second kappa shape index (κ2) is 4.69.